The van der Waals surface area contributed by atoms with Gasteiger partial charge in [0.15, 0.2) is 0 Å². The van der Waals surface area contributed by atoms with Crippen molar-refractivity contribution in [1.29, 1.82) is 0 Å². The number of thioether (sulfide) groups is 1. The first-order valence-corrected chi connectivity index (χ1v) is 5.70. The van der Waals surface area contributed by atoms with E-state index in [0.717, 1.165) is 17.0 Å². The molecule has 0 aromatic heterocycles. The molecule has 2 heterocycles. The molecule has 0 aromatic rings. The molecule has 13 heavy (non-hydrogen) atoms. The number of carbonyl (C=O) groups is 1. The Morgan fingerprint density at radius 2 is 2.46 bits per heavy atom. The van der Waals surface area contributed by atoms with Crippen molar-refractivity contribution in [3.05, 3.63) is 11.3 Å². The van der Waals surface area contributed by atoms with E-state index < -0.39 is 0 Å². The van der Waals surface area contributed by atoms with Crippen molar-refractivity contribution < 1.29 is 4.79 Å². The number of hydrogen-bond donors (Lipinski definition) is 1. The number of hydrogen-bond acceptors (Lipinski definition) is 3. The lowest BCUT2D eigenvalue weighted by molar-refractivity contribution is -0.141. The van der Waals surface area contributed by atoms with Gasteiger partial charge in [0.2, 0.25) is 5.91 Å². The Labute approximate surface area is 86.3 Å². The fourth-order valence-electron chi connectivity index (χ4n) is 1.62. The quantitative estimate of drug-likeness (QED) is 0.522. The number of fused-ring (bicyclic) bond motifs is 1. The van der Waals surface area contributed by atoms with Crippen LogP contribution in [0.3, 0.4) is 0 Å². The molecule has 1 amide bonds. The maximum Gasteiger partial charge on any atom is 0.247 e. The van der Waals surface area contributed by atoms with Gasteiger partial charge in [-0.2, -0.15) is 0 Å². The molecule has 72 valence electrons. The van der Waals surface area contributed by atoms with Gasteiger partial charge in [0.25, 0.3) is 0 Å². The fraction of sp³-hybridized carbons (Fsp3) is 0.625. The van der Waals surface area contributed by atoms with E-state index in [2.05, 4.69) is 0 Å². The number of β-lactam (4-membered cyclic amide) rings is 1. The summed E-state index contributed by atoms with van der Waals surface area (Å²) in [7, 11) is 0. The average Bonchev–Trinajstić information content (AvgIpc) is 2.16. The minimum Gasteiger partial charge on any atom is -0.317 e. The SMILES string of the molecule is CC1=C(CCl)CSC2C(N)C(=O)N12. The molecule has 2 aliphatic heterocycles. The zero-order valence-electron chi connectivity index (χ0n) is 7.29. The number of rotatable bonds is 1. The molecule has 0 saturated carbocycles. The normalized spacial score (nSPS) is 33.2. The topological polar surface area (TPSA) is 46.3 Å². The molecule has 5 heteroatoms. The molecule has 0 bridgehead atoms. The molecule has 2 rings (SSSR count). The van der Waals surface area contributed by atoms with E-state index in [-0.39, 0.29) is 17.3 Å². The number of nitrogens with zero attached hydrogens (tertiary/aromatic N) is 1. The molecule has 2 aliphatic rings. The van der Waals surface area contributed by atoms with Crippen LogP contribution in [-0.4, -0.2) is 33.9 Å². The standard InChI is InChI=1S/C8H11ClN2OS/c1-4-5(2-9)3-13-8-6(10)7(12)11(4)8/h6,8H,2-3,10H2,1H3. The number of amides is 1. The number of carbonyl (C=O) groups excluding carboxylic acids is 1. The van der Waals surface area contributed by atoms with Crippen LogP contribution in [0.1, 0.15) is 6.92 Å². The van der Waals surface area contributed by atoms with E-state index in [1.807, 2.05) is 6.92 Å². The predicted octanol–water partition coefficient (Wildman–Crippen LogP) is 0.742. The molecule has 3 nitrogen and oxygen atoms in total. The van der Waals surface area contributed by atoms with Gasteiger partial charge in [0.1, 0.15) is 11.4 Å². The summed E-state index contributed by atoms with van der Waals surface area (Å²) in [5.41, 5.74) is 7.80. The number of nitrogens with two attached hydrogens (primary N) is 1. The number of allylic oxidation sites excluding steroid dienone is 1. The van der Waals surface area contributed by atoms with Gasteiger partial charge >= 0.3 is 0 Å². The summed E-state index contributed by atoms with van der Waals surface area (Å²) < 4.78 is 0. The van der Waals surface area contributed by atoms with Gasteiger partial charge in [-0.25, -0.2) is 0 Å². The maximum absolute atomic E-state index is 11.4. The molecule has 2 N–H and O–H groups in total. The summed E-state index contributed by atoms with van der Waals surface area (Å²) in [4.78, 5) is 13.1. The third-order valence-corrected chi connectivity index (χ3v) is 4.23. The van der Waals surface area contributed by atoms with Crippen LogP contribution in [0.2, 0.25) is 0 Å². The lowest BCUT2D eigenvalue weighted by Gasteiger charge is -2.48. The van der Waals surface area contributed by atoms with Crippen LogP contribution in [0.25, 0.3) is 0 Å². The molecule has 0 radical (unpaired) electrons. The van der Waals surface area contributed by atoms with E-state index in [9.17, 15) is 4.79 Å². The second kappa shape index (κ2) is 3.19. The molecule has 1 saturated heterocycles. The van der Waals surface area contributed by atoms with Crippen LogP contribution in [0, 0.1) is 0 Å². The maximum atomic E-state index is 11.4. The van der Waals surface area contributed by atoms with Gasteiger partial charge in [-0.05, 0) is 12.5 Å². The zero-order valence-corrected chi connectivity index (χ0v) is 8.86. The minimum atomic E-state index is -0.308. The van der Waals surface area contributed by atoms with Crippen molar-refractivity contribution in [2.75, 3.05) is 11.6 Å². The fourth-order valence-corrected chi connectivity index (χ4v) is 3.43. The summed E-state index contributed by atoms with van der Waals surface area (Å²) in [6, 6.07) is -0.308. The smallest absolute Gasteiger partial charge is 0.247 e. The Balaban J connectivity index is 2.26. The minimum absolute atomic E-state index is 0.0253. The zero-order chi connectivity index (χ0) is 9.59. The molecule has 2 unspecified atom stereocenters. The monoisotopic (exact) mass is 218 g/mol. The molecule has 2 atom stereocenters. The van der Waals surface area contributed by atoms with Gasteiger partial charge in [0, 0.05) is 17.3 Å². The summed E-state index contributed by atoms with van der Waals surface area (Å²) >= 11 is 7.46. The number of alkyl halides is 1. The Morgan fingerprint density at radius 1 is 1.77 bits per heavy atom. The van der Waals surface area contributed by atoms with Gasteiger partial charge in [-0.15, -0.1) is 23.4 Å². The van der Waals surface area contributed by atoms with Crippen molar-refractivity contribution in [2.45, 2.75) is 18.3 Å². The Morgan fingerprint density at radius 3 is 3.08 bits per heavy atom. The van der Waals surface area contributed by atoms with Crippen molar-refractivity contribution in [2.24, 2.45) is 5.73 Å². The van der Waals surface area contributed by atoms with E-state index >= 15 is 0 Å². The summed E-state index contributed by atoms with van der Waals surface area (Å²) in [6.07, 6.45) is 0. The third kappa shape index (κ3) is 1.20. The van der Waals surface area contributed by atoms with Crippen molar-refractivity contribution in [3.63, 3.8) is 0 Å². The molecule has 1 fully saturated rings. The highest BCUT2D eigenvalue weighted by atomic mass is 35.5. The second-order valence-corrected chi connectivity index (χ2v) is 4.63. The molecular weight excluding hydrogens is 208 g/mol. The summed E-state index contributed by atoms with van der Waals surface area (Å²) in [6.45, 7) is 1.94. The van der Waals surface area contributed by atoms with Crippen LogP contribution in [-0.2, 0) is 4.79 Å². The summed E-state index contributed by atoms with van der Waals surface area (Å²) in [5, 5.41) is 0.152. The predicted molar refractivity (Wildman–Crippen MR) is 54.5 cm³/mol. The summed E-state index contributed by atoms with van der Waals surface area (Å²) in [5.74, 6) is 1.43. The van der Waals surface area contributed by atoms with Crippen molar-refractivity contribution in [1.82, 2.24) is 4.90 Å². The van der Waals surface area contributed by atoms with Gasteiger partial charge in [-0.1, -0.05) is 0 Å². The van der Waals surface area contributed by atoms with Crippen LogP contribution in [0.4, 0.5) is 0 Å². The molecule has 0 spiro atoms. The lowest BCUT2D eigenvalue weighted by atomic mass is 10.1. The Bertz CT molecular complexity index is 292. The highest BCUT2D eigenvalue weighted by Crippen LogP contribution is 2.39. The van der Waals surface area contributed by atoms with E-state index in [1.54, 1.807) is 16.7 Å². The molecule has 0 aliphatic carbocycles. The Kier molecular flexibility index (Phi) is 2.30. The van der Waals surface area contributed by atoms with Crippen LogP contribution in [0.5, 0.6) is 0 Å². The first-order chi connectivity index (χ1) is 6.16. The lowest BCUT2D eigenvalue weighted by Crippen LogP contribution is -2.67. The first-order valence-electron chi connectivity index (χ1n) is 4.11. The number of halogens is 1. The van der Waals surface area contributed by atoms with Crippen molar-refractivity contribution in [3.8, 4) is 0 Å². The van der Waals surface area contributed by atoms with Gasteiger partial charge in [0.05, 0.1) is 0 Å². The van der Waals surface area contributed by atoms with Crippen LogP contribution >= 0.6 is 23.4 Å². The second-order valence-electron chi connectivity index (χ2n) is 3.26. The molecule has 0 aromatic carbocycles. The third-order valence-electron chi connectivity index (χ3n) is 2.55. The van der Waals surface area contributed by atoms with E-state index in [0.29, 0.717) is 5.88 Å². The average molecular weight is 219 g/mol. The first kappa shape index (κ1) is 9.37. The van der Waals surface area contributed by atoms with Crippen molar-refractivity contribution >= 4 is 29.3 Å². The Hall–Kier alpha value is -0.190. The van der Waals surface area contributed by atoms with E-state index in [1.165, 1.54) is 0 Å². The molecular formula is C8H11ClN2OS. The van der Waals surface area contributed by atoms with Gasteiger partial charge < -0.3 is 10.6 Å². The largest absolute Gasteiger partial charge is 0.317 e. The van der Waals surface area contributed by atoms with Crippen LogP contribution < -0.4 is 5.73 Å². The highest BCUT2D eigenvalue weighted by molar-refractivity contribution is 8.00. The van der Waals surface area contributed by atoms with Gasteiger partial charge in [-0.3, -0.25) is 4.79 Å². The van der Waals surface area contributed by atoms with E-state index in [4.69, 9.17) is 17.3 Å². The van der Waals surface area contributed by atoms with Crippen LogP contribution in [0.15, 0.2) is 11.3 Å². The highest BCUT2D eigenvalue weighted by Gasteiger charge is 2.48.